The van der Waals surface area contributed by atoms with Gasteiger partial charge < -0.3 is 15.2 Å². The van der Waals surface area contributed by atoms with Gasteiger partial charge in [0, 0.05) is 36.3 Å². The second-order valence-corrected chi connectivity index (χ2v) is 6.99. The molecule has 0 saturated heterocycles. The van der Waals surface area contributed by atoms with Crippen LogP contribution < -0.4 is 10.1 Å². The molecule has 0 radical (unpaired) electrons. The van der Waals surface area contributed by atoms with Gasteiger partial charge in [-0.2, -0.15) is 5.10 Å². The van der Waals surface area contributed by atoms with Crippen LogP contribution in [0.15, 0.2) is 48.7 Å². The molecule has 31 heavy (non-hydrogen) atoms. The first-order chi connectivity index (χ1) is 14.7. The topological polar surface area (TPSA) is 137 Å². The summed E-state index contributed by atoms with van der Waals surface area (Å²) >= 11 is 5.93. The first kappa shape index (κ1) is 21.8. The van der Waals surface area contributed by atoms with Crippen LogP contribution in [0.5, 0.6) is 11.5 Å². The molecule has 3 rings (SSSR count). The molecule has 2 aromatic carbocycles. The summed E-state index contributed by atoms with van der Waals surface area (Å²) in [5.41, 5.74) is 0.549. The summed E-state index contributed by atoms with van der Waals surface area (Å²) in [6.07, 6.45) is 1.43. The number of rotatable bonds is 8. The van der Waals surface area contributed by atoms with Crippen molar-refractivity contribution in [1.29, 1.82) is 0 Å². The second kappa shape index (κ2) is 9.26. The number of hydrogen-bond donors (Lipinski definition) is 2. The number of anilines is 1. The fourth-order valence-corrected chi connectivity index (χ4v) is 2.94. The number of carboxylic acid groups (broad SMARTS) is 1. The highest BCUT2D eigenvalue weighted by molar-refractivity contribution is 6.30. The van der Waals surface area contributed by atoms with Gasteiger partial charge in [-0.3, -0.25) is 19.6 Å². The number of nitrogens with one attached hydrogen (secondary N) is 1. The Balaban J connectivity index is 1.72. The minimum Gasteiger partial charge on any atom is -0.476 e. The Morgan fingerprint density at radius 2 is 2.03 bits per heavy atom. The van der Waals surface area contributed by atoms with E-state index in [4.69, 9.17) is 21.4 Å². The SMILES string of the molecule is Cc1cc(Cl)ccc1Oc1cc(NC(=O)CCn2ccc(C(=O)O)n2)cc([N+](=O)[O-])c1. The van der Waals surface area contributed by atoms with Crippen molar-refractivity contribution in [1.82, 2.24) is 9.78 Å². The highest BCUT2D eigenvalue weighted by Gasteiger charge is 2.14. The van der Waals surface area contributed by atoms with Crippen LogP contribution in [0.1, 0.15) is 22.5 Å². The monoisotopic (exact) mass is 444 g/mol. The molecule has 0 aliphatic carbocycles. The number of aromatic carboxylic acids is 1. The maximum Gasteiger partial charge on any atom is 0.356 e. The molecule has 0 aliphatic rings. The van der Waals surface area contributed by atoms with E-state index in [9.17, 15) is 19.7 Å². The van der Waals surface area contributed by atoms with Crippen LogP contribution in [0.3, 0.4) is 0 Å². The van der Waals surface area contributed by atoms with Gasteiger partial charge in [-0.25, -0.2) is 4.79 Å². The molecule has 0 spiro atoms. The lowest BCUT2D eigenvalue weighted by atomic mass is 10.2. The highest BCUT2D eigenvalue weighted by Crippen LogP contribution is 2.32. The molecule has 3 aromatic rings. The molecule has 1 aromatic heterocycles. The highest BCUT2D eigenvalue weighted by atomic mass is 35.5. The van der Waals surface area contributed by atoms with Gasteiger partial charge in [-0.05, 0) is 36.8 Å². The molecule has 0 fully saturated rings. The average Bonchev–Trinajstić information content (AvgIpc) is 3.18. The third-order valence-electron chi connectivity index (χ3n) is 4.18. The molecular weight excluding hydrogens is 428 g/mol. The zero-order valence-electron chi connectivity index (χ0n) is 16.2. The largest absolute Gasteiger partial charge is 0.476 e. The van der Waals surface area contributed by atoms with Crippen LogP contribution in [-0.2, 0) is 11.3 Å². The van der Waals surface area contributed by atoms with Gasteiger partial charge in [-0.15, -0.1) is 0 Å². The number of hydrogen-bond acceptors (Lipinski definition) is 6. The zero-order chi connectivity index (χ0) is 22.5. The van der Waals surface area contributed by atoms with E-state index in [1.165, 1.54) is 35.1 Å². The van der Waals surface area contributed by atoms with E-state index >= 15 is 0 Å². The third-order valence-corrected chi connectivity index (χ3v) is 4.41. The van der Waals surface area contributed by atoms with Crippen LogP contribution in [0.4, 0.5) is 11.4 Å². The first-order valence-electron chi connectivity index (χ1n) is 9.01. The molecule has 0 unspecified atom stereocenters. The Labute approximate surface area is 181 Å². The molecule has 0 aliphatic heterocycles. The lowest BCUT2D eigenvalue weighted by molar-refractivity contribution is -0.384. The molecule has 2 N–H and O–H groups in total. The summed E-state index contributed by atoms with van der Waals surface area (Å²) in [5.74, 6) is -0.951. The average molecular weight is 445 g/mol. The first-order valence-corrected chi connectivity index (χ1v) is 9.39. The van der Waals surface area contributed by atoms with Crippen LogP contribution in [0.2, 0.25) is 5.02 Å². The van der Waals surface area contributed by atoms with Crippen LogP contribution in [-0.4, -0.2) is 31.7 Å². The molecule has 160 valence electrons. The van der Waals surface area contributed by atoms with Gasteiger partial charge in [-0.1, -0.05) is 11.6 Å². The summed E-state index contributed by atoms with van der Waals surface area (Å²) in [4.78, 5) is 33.8. The van der Waals surface area contributed by atoms with Crippen molar-refractivity contribution < 1.29 is 24.4 Å². The number of carbonyl (C=O) groups excluding carboxylic acids is 1. The van der Waals surface area contributed by atoms with E-state index in [1.807, 2.05) is 0 Å². The van der Waals surface area contributed by atoms with Gasteiger partial charge in [0.15, 0.2) is 5.69 Å². The third kappa shape index (κ3) is 5.80. The Bertz CT molecular complexity index is 1160. The lowest BCUT2D eigenvalue weighted by Crippen LogP contribution is -2.15. The second-order valence-electron chi connectivity index (χ2n) is 6.55. The predicted molar refractivity (Wildman–Crippen MR) is 112 cm³/mol. The standard InChI is InChI=1S/C20H17ClN4O6/c1-12-8-13(21)2-3-18(12)31-16-10-14(9-15(11-16)25(29)30)22-19(26)5-7-24-6-4-17(23-24)20(27)28/h2-4,6,8-11H,5,7H2,1H3,(H,22,26)(H,27,28). The smallest absolute Gasteiger partial charge is 0.356 e. The quantitative estimate of drug-likeness (QED) is 0.391. The van der Waals surface area contributed by atoms with Gasteiger partial charge in [0.05, 0.1) is 16.7 Å². The van der Waals surface area contributed by atoms with Crippen LogP contribution >= 0.6 is 11.6 Å². The van der Waals surface area contributed by atoms with Gasteiger partial charge in [0.25, 0.3) is 5.69 Å². The predicted octanol–water partition coefficient (Wildman–Crippen LogP) is 4.27. The van der Waals surface area contributed by atoms with E-state index in [2.05, 4.69) is 10.4 Å². The maximum absolute atomic E-state index is 12.3. The van der Waals surface area contributed by atoms with Gasteiger partial charge >= 0.3 is 5.97 Å². The molecule has 0 atom stereocenters. The zero-order valence-corrected chi connectivity index (χ0v) is 17.0. The number of carboxylic acids is 1. The van der Waals surface area contributed by atoms with Gasteiger partial charge in [0.1, 0.15) is 11.5 Å². The molecule has 0 bridgehead atoms. The molecule has 11 heteroatoms. The lowest BCUT2D eigenvalue weighted by Gasteiger charge is -2.11. The molecule has 10 nitrogen and oxygen atoms in total. The summed E-state index contributed by atoms with van der Waals surface area (Å²) < 4.78 is 7.08. The Morgan fingerprint density at radius 3 is 2.68 bits per heavy atom. The Hall–Kier alpha value is -3.92. The number of nitrogens with zero attached hydrogens (tertiary/aromatic N) is 3. The normalized spacial score (nSPS) is 10.5. The maximum atomic E-state index is 12.3. The number of halogens is 1. The van der Waals surface area contributed by atoms with Crippen LogP contribution in [0, 0.1) is 17.0 Å². The molecular formula is C20H17ClN4O6. The minimum atomic E-state index is -1.16. The van der Waals surface area contributed by atoms with E-state index in [1.54, 1.807) is 25.1 Å². The number of nitro benzene ring substituents is 1. The van der Waals surface area contributed by atoms with Crippen molar-refractivity contribution in [3.63, 3.8) is 0 Å². The number of aromatic nitrogens is 2. The summed E-state index contributed by atoms with van der Waals surface area (Å²) in [7, 11) is 0. The molecule has 0 saturated carbocycles. The molecule has 1 amide bonds. The number of non-ortho nitro benzene ring substituents is 1. The fourth-order valence-electron chi connectivity index (χ4n) is 2.71. The van der Waals surface area contributed by atoms with Gasteiger partial charge in [0.2, 0.25) is 5.91 Å². The van der Waals surface area contributed by atoms with E-state index in [0.717, 1.165) is 5.56 Å². The number of amides is 1. The van der Waals surface area contributed by atoms with E-state index in [-0.39, 0.29) is 35.8 Å². The number of nitro groups is 1. The number of aryl methyl sites for hydroxylation is 2. The Morgan fingerprint density at radius 1 is 1.26 bits per heavy atom. The summed E-state index contributed by atoms with van der Waals surface area (Å²) in [6.45, 7) is 1.92. The van der Waals surface area contributed by atoms with Crippen LogP contribution in [0.25, 0.3) is 0 Å². The number of benzene rings is 2. The van der Waals surface area contributed by atoms with Crippen molar-refractivity contribution in [3.8, 4) is 11.5 Å². The van der Waals surface area contributed by atoms with Crippen molar-refractivity contribution in [2.24, 2.45) is 0 Å². The number of ether oxygens (including phenoxy) is 1. The van der Waals surface area contributed by atoms with E-state index < -0.39 is 16.8 Å². The van der Waals surface area contributed by atoms with Crippen molar-refractivity contribution in [2.45, 2.75) is 19.9 Å². The molecule has 1 heterocycles. The summed E-state index contributed by atoms with van der Waals surface area (Å²) in [5, 5.41) is 27.1. The fraction of sp³-hybridized carbons (Fsp3) is 0.150. The van der Waals surface area contributed by atoms with Crippen molar-refractivity contribution in [2.75, 3.05) is 5.32 Å². The van der Waals surface area contributed by atoms with E-state index in [0.29, 0.717) is 10.8 Å². The van der Waals surface area contributed by atoms with Crippen molar-refractivity contribution >= 4 is 34.9 Å². The Kier molecular flexibility index (Phi) is 6.51. The minimum absolute atomic E-state index is 0.0179. The number of carbonyl (C=O) groups is 2. The summed E-state index contributed by atoms with van der Waals surface area (Å²) in [6, 6.07) is 10.2. The van der Waals surface area contributed by atoms with Crippen molar-refractivity contribution in [3.05, 3.63) is 75.1 Å².